The van der Waals surface area contributed by atoms with Crippen molar-refractivity contribution in [2.24, 2.45) is 0 Å². The first-order valence-electron chi connectivity index (χ1n) is 8.77. The zero-order chi connectivity index (χ0) is 18.1. The molecule has 0 radical (unpaired) electrons. The number of carbonyl (C=O) groups excluding carboxylic acids is 1. The Hall–Kier alpha value is -3.03. The Morgan fingerprint density at radius 3 is 2.62 bits per heavy atom. The van der Waals surface area contributed by atoms with Crippen LogP contribution in [-0.2, 0) is 4.79 Å². The van der Waals surface area contributed by atoms with Crippen molar-refractivity contribution >= 4 is 5.91 Å². The van der Waals surface area contributed by atoms with Gasteiger partial charge >= 0.3 is 0 Å². The maximum absolute atomic E-state index is 11.4. The van der Waals surface area contributed by atoms with Crippen LogP contribution >= 0.6 is 0 Å². The number of H-pyrrole nitrogens is 1. The Labute approximate surface area is 151 Å². The van der Waals surface area contributed by atoms with E-state index in [2.05, 4.69) is 25.5 Å². The lowest BCUT2D eigenvalue weighted by Gasteiger charge is -2.30. The van der Waals surface area contributed by atoms with Crippen LogP contribution in [0.5, 0.6) is 0 Å². The van der Waals surface area contributed by atoms with Gasteiger partial charge in [-0.3, -0.25) is 9.89 Å². The Kier molecular flexibility index (Phi) is 4.24. The molecule has 1 N–H and O–H groups in total. The summed E-state index contributed by atoms with van der Waals surface area (Å²) in [5, 5.41) is 15.7. The maximum atomic E-state index is 11.4. The summed E-state index contributed by atoms with van der Waals surface area (Å²) in [6.07, 6.45) is 3.66. The molecule has 2 aromatic heterocycles. The van der Waals surface area contributed by atoms with Gasteiger partial charge < -0.3 is 4.90 Å². The summed E-state index contributed by atoms with van der Waals surface area (Å²) in [5.41, 5.74) is 2.83. The molecule has 0 saturated carbocycles. The zero-order valence-electron chi connectivity index (χ0n) is 14.9. The SMILES string of the molecule is CC(=O)N1CCC(n2cc(-c3nc(-c4ccc(C)cc4)n[nH]3)nn2)CC1. The third-order valence-electron chi connectivity index (χ3n) is 4.83. The standard InChI is InChI=1S/C18H21N7O/c1-12-3-5-14(6-4-12)17-19-18(22-21-17)16-11-25(23-20-16)15-7-9-24(10-8-15)13(2)26/h3-6,11,15H,7-10H2,1-2H3,(H,19,21,22). The molecule has 8 nitrogen and oxygen atoms in total. The molecule has 8 heteroatoms. The van der Waals surface area contributed by atoms with Crippen LogP contribution in [-0.4, -0.2) is 54.1 Å². The number of hydrogen-bond donors (Lipinski definition) is 1. The lowest BCUT2D eigenvalue weighted by atomic mass is 10.1. The summed E-state index contributed by atoms with van der Waals surface area (Å²) in [7, 11) is 0. The van der Waals surface area contributed by atoms with Crippen molar-refractivity contribution in [1.82, 2.24) is 35.1 Å². The van der Waals surface area contributed by atoms with Gasteiger partial charge in [0.1, 0.15) is 5.69 Å². The fourth-order valence-corrected chi connectivity index (χ4v) is 3.22. The van der Waals surface area contributed by atoms with Crippen molar-refractivity contribution in [1.29, 1.82) is 0 Å². The molecule has 4 rings (SSSR count). The van der Waals surface area contributed by atoms with Gasteiger partial charge in [-0.15, -0.1) is 5.10 Å². The minimum absolute atomic E-state index is 0.132. The zero-order valence-corrected chi connectivity index (χ0v) is 14.9. The molecule has 3 heterocycles. The first-order valence-corrected chi connectivity index (χ1v) is 8.77. The van der Waals surface area contributed by atoms with Crippen molar-refractivity contribution in [3.8, 4) is 22.9 Å². The van der Waals surface area contributed by atoms with E-state index in [4.69, 9.17) is 0 Å². The number of amides is 1. The van der Waals surface area contributed by atoms with Crippen molar-refractivity contribution in [2.45, 2.75) is 32.7 Å². The van der Waals surface area contributed by atoms with E-state index in [1.165, 1.54) is 5.56 Å². The number of hydrogen-bond acceptors (Lipinski definition) is 5. The van der Waals surface area contributed by atoms with E-state index in [1.807, 2.05) is 47.0 Å². The molecule has 0 aliphatic carbocycles. The average Bonchev–Trinajstić information content (AvgIpc) is 3.32. The number of piperidine rings is 1. The Morgan fingerprint density at radius 1 is 1.19 bits per heavy atom. The van der Waals surface area contributed by atoms with E-state index in [1.54, 1.807) is 6.92 Å². The third-order valence-corrected chi connectivity index (χ3v) is 4.83. The molecule has 1 aliphatic heterocycles. The molecular formula is C18H21N7O. The minimum Gasteiger partial charge on any atom is -0.343 e. The number of aryl methyl sites for hydroxylation is 1. The lowest BCUT2D eigenvalue weighted by Crippen LogP contribution is -2.37. The summed E-state index contributed by atoms with van der Waals surface area (Å²) in [5.74, 6) is 1.38. The van der Waals surface area contributed by atoms with Gasteiger partial charge in [-0.05, 0) is 19.8 Å². The molecule has 1 saturated heterocycles. The molecule has 3 aromatic rings. The highest BCUT2D eigenvalue weighted by Crippen LogP contribution is 2.24. The maximum Gasteiger partial charge on any atom is 0.219 e. The topological polar surface area (TPSA) is 92.6 Å². The molecule has 0 unspecified atom stereocenters. The monoisotopic (exact) mass is 351 g/mol. The van der Waals surface area contributed by atoms with E-state index in [0.29, 0.717) is 17.3 Å². The summed E-state index contributed by atoms with van der Waals surface area (Å²) in [4.78, 5) is 17.9. The first-order chi connectivity index (χ1) is 12.6. The first kappa shape index (κ1) is 16.4. The highest BCUT2D eigenvalue weighted by Gasteiger charge is 2.23. The largest absolute Gasteiger partial charge is 0.343 e. The van der Waals surface area contributed by atoms with Crippen molar-refractivity contribution in [3.63, 3.8) is 0 Å². The molecule has 0 atom stereocenters. The van der Waals surface area contributed by atoms with Crippen LogP contribution in [0.1, 0.15) is 31.4 Å². The van der Waals surface area contributed by atoms with Gasteiger partial charge in [0, 0.05) is 25.6 Å². The predicted molar refractivity (Wildman–Crippen MR) is 96.1 cm³/mol. The van der Waals surface area contributed by atoms with E-state index >= 15 is 0 Å². The highest BCUT2D eigenvalue weighted by atomic mass is 16.2. The lowest BCUT2D eigenvalue weighted by molar-refractivity contribution is -0.130. The van der Waals surface area contributed by atoms with Crippen LogP contribution < -0.4 is 0 Å². The number of rotatable bonds is 3. The van der Waals surface area contributed by atoms with Crippen LogP contribution in [0.4, 0.5) is 0 Å². The summed E-state index contributed by atoms with van der Waals surface area (Å²) in [6.45, 7) is 5.18. The van der Waals surface area contributed by atoms with Gasteiger partial charge in [0.15, 0.2) is 11.6 Å². The summed E-state index contributed by atoms with van der Waals surface area (Å²) >= 11 is 0. The molecule has 1 aromatic carbocycles. The Bertz CT molecular complexity index is 904. The molecule has 26 heavy (non-hydrogen) atoms. The molecule has 1 amide bonds. The summed E-state index contributed by atoms with van der Waals surface area (Å²) < 4.78 is 1.88. The molecular weight excluding hydrogens is 330 g/mol. The number of nitrogens with one attached hydrogen (secondary N) is 1. The average molecular weight is 351 g/mol. The third kappa shape index (κ3) is 3.22. The van der Waals surface area contributed by atoms with Crippen LogP contribution in [0.3, 0.4) is 0 Å². The van der Waals surface area contributed by atoms with Crippen LogP contribution in [0.25, 0.3) is 22.9 Å². The highest BCUT2D eigenvalue weighted by molar-refractivity contribution is 5.73. The van der Waals surface area contributed by atoms with E-state index < -0.39 is 0 Å². The van der Waals surface area contributed by atoms with E-state index in [-0.39, 0.29) is 11.9 Å². The number of aromatic amines is 1. The number of carbonyl (C=O) groups is 1. The van der Waals surface area contributed by atoms with Crippen LogP contribution in [0, 0.1) is 6.92 Å². The summed E-state index contributed by atoms with van der Waals surface area (Å²) in [6, 6.07) is 8.33. The van der Waals surface area contributed by atoms with Gasteiger partial charge in [-0.25, -0.2) is 9.67 Å². The molecule has 1 aliphatic rings. The van der Waals surface area contributed by atoms with Crippen molar-refractivity contribution < 1.29 is 4.79 Å². The second kappa shape index (κ2) is 6.70. The number of aromatic nitrogens is 6. The number of likely N-dealkylation sites (tertiary alicyclic amines) is 1. The molecule has 0 bridgehead atoms. The number of nitrogens with zero attached hydrogens (tertiary/aromatic N) is 6. The van der Waals surface area contributed by atoms with Crippen LogP contribution in [0.2, 0.25) is 0 Å². The number of benzene rings is 1. The second-order valence-corrected chi connectivity index (χ2v) is 6.69. The van der Waals surface area contributed by atoms with Gasteiger partial charge in [0.2, 0.25) is 5.91 Å². The van der Waals surface area contributed by atoms with E-state index in [9.17, 15) is 4.79 Å². The van der Waals surface area contributed by atoms with E-state index in [0.717, 1.165) is 31.5 Å². The Morgan fingerprint density at radius 2 is 1.92 bits per heavy atom. The second-order valence-electron chi connectivity index (χ2n) is 6.69. The normalized spacial score (nSPS) is 15.4. The van der Waals surface area contributed by atoms with Gasteiger partial charge in [-0.1, -0.05) is 35.0 Å². The van der Waals surface area contributed by atoms with Gasteiger partial charge in [-0.2, -0.15) is 5.10 Å². The molecule has 134 valence electrons. The smallest absolute Gasteiger partial charge is 0.219 e. The minimum atomic E-state index is 0.132. The Balaban J connectivity index is 1.48. The van der Waals surface area contributed by atoms with Gasteiger partial charge in [0.05, 0.1) is 12.2 Å². The quantitative estimate of drug-likeness (QED) is 0.781. The predicted octanol–water partition coefficient (Wildman–Crippen LogP) is 2.22. The van der Waals surface area contributed by atoms with Crippen molar-refractivity contribution in [2.75, 3.05) is 13.1 Å². The fourth-order valence-electron chi connectivity index (χ4n) is 3.22. The molecule has 0 spiro atoms. The van der Waals surface area contributed by atoms with Crippen molar-refractivity contribution in [3.05, 3.63) is 36.0 Å². The molecule has 1 fully saturated rings. The fraction of sp³-hybridized carbons (Fsp3) is 0.389. The van der Waals surface area contributed by atoms with Crippen LogP contribution in [0.15, 0.2) is 30.5 Å². The van der Waals surface area contributed by atoms with Gasteiger partial charge in [0.25, 0.3) is 0 Å².